The Morgan fingerprint density at radius 1 is 0.246 bits per heavy atom. The first kappa shape index (κ1) is 81.7. The molecule has 0 aromatic carbocycles. The van der Waals surface area contributed by atoms with E-state index in [2.05, 4.69) is 82.9 Å². The first-order chi connectivity index (χ1) is 30.5. The van der Waals surface area contributed by atoms with Crippen LogP contribution in [0.3, 0.4) is 0 Å². The molecule has 0 aliphatic heterocycles. The molecule has 0 aliphatic carbocycles. The number of halogens is 4. The van der Waals surface area contributed by atoms with E-state index in [4.69, 9.17) is 8.52 Å². The van der Waals surface area contributed by atoms with Crippen molar-refractivity contribution in [2.45, 2.75) is 312 Å². The van der Waals surface area contributed by atoms with Crippen LogP contribution in [0.15, 0.2) is 0 Å². The van der Waals surface area contributed by atoms with E-state index in [0.717, 1.165) is 0 Å². The van der Waals surface area contributed by atoms with Crippen molar-refractivity contribution in [3.05, 3.63) is 0 Å². The van der Waals surface area contributed by atoms with Crippen LogP contribution in [-0.2, 0) is 19.5 Å². The van der Waals surface area contributed by atoms with Gasteiger partial charge in [0.15, 0.2) is 0 Å². The van der Waals surface area contributed by atoms with Gasteiger partial charge in [0, 0.05) is 14.5 Å². The van der Waals surface area contributed by atoms with Gasteiger partial charge in [0.1, 0.15) is 0 Å². The summed E-state index contributed by atoms with van der Waals surface area (Å²) in [6.45, 7) is 19.0. The average Bonchev–Trinajstić information content (AvgIpc) is 3.31. The van der Waals surface area contributed by atoms with E-state index in [9.17, 15) is 0 Å². The Kier molecular flexibility index (Phi) is 92.0. The Labute approximate surface area is 455 Å². The molecule has 0 fully saturated rings. The zero-order valence-corrected chi connectivity index (χ0v) is 53.5. The fourth-order valence-electron chi connectivity index (χ4n) is 9.59. The summed E-state index contributed by atoms with van der Waals surface area (Å²) in [5.74, 6) is 0. The first-order valence-electron chi connectivity index (χ1n) is 28.5. The van der Waals surface area contributed by atoms with Gasteiger partial charge >= 0.3 is 19.5 Å². The molecule has 0 aromatic heterocycles. The van der Waals surface area contributed by atoms with Crippen LogP contribution in [0.25, 0.3) is 0 Å². The maximum atomic E-state index is 7.94. The van der Waals surface area contributed by atoms with Crippen LogP contribution >= 0.6 is 72.8 Å². The van der Waals surface area contributed by atoms with Crippen molar-refractivity contribution in [3.8, 4) is 0 Å². The predicted molar refractivity (Wildman–Crippen MR) is 319 cm³/mol. The van der Waals surface area contributed by atoms with E-state index in [1.54, 1.807) is 62.1 Å². The average molecular weight is 1180 g/mol. The van der Waals surface area contributed by atoms with E-state index >= 15 is 0 Å². The molecule has 0 atom stereocenters. The summed E-state index contributed by atoms with van der Waals surface area (Å²) in [7, 11) is -1.26. The molecule has 2 nitrogen and oxygen atoms in total. The molecule has 0 rings (SSSR count). The minimum absolute atomic E-state index is 0. The molecule has 0 heterocycles. The van der Waals surface area contributed by atoms with Crippen molar-refractivity contribution in [3.63, 3.8) is 0 Å². The van der Waals surface area contributed by atoms with Crippen molar-refractivity contribution < 1.29 is 24.2 Å². The maximum absolute atomic E-state index is 7.94. The topological polar surface area (TPSA) is 37.3 Å². The van der Waals surface area contributed by atoms with Gasteiger partial charge in [-0.15, -0.1) is 46.4 Å². The molecule has 0 saturated heterocycles. The molecule has 9 heteroatoms. The van der Waals surface area contributed by atoms with Gasteiger partial charge in [-0.1, -0.05) is 248 Å². The molecule has 0 aliphatic rings. The normalized spacial score (nSPS) is 10.9. The molecule has 0 bridgehead atoms. The fraction of sp³-hybridized carbons (Fsp3) is 1.00. The molecule has 0 aromatic rings. The van der Waals surface area contributed by atoms with Gasteiger partial charge in [-0.3, -0.25) is 4.66 Å². The van der Waals surface area contributed by atoms with Gasteiger partial charge in [-0.2, -0.15) is 0 Å². The summed E-state index contributed by atoms with van der Waals surface area (Å²) in [6, 6.07) is 0. The molecule has 1 N–H and O–H groups in total. The molecule has 0 amide bonds. The van der Waals surface area contributed by atoms with Gasteiger partial charge in [0.05, 0.1) is 61.2 Å². The quantitative estimate of drug-likeness (QED) is 0.0487. The second-order valence-corrected chi connectivity index (χ2v) is 28.7. The van der Waals surface area contributed by atoms with E-state index in [1.165, 1.54) is 244 Å². The van der Waals surface area contributed by atoms with Gasteiger partial charge in [-0.25, -0.2) is 0 Å². The second kappa shape index (κ2) is 73.2. The van der Waals surface area contributed by atoms with E-state index in [0.29, 0.717) is 0 Å². The van der Waals surface area contributed by atoms with Gasteiger partial charge < -0.3 is 0 Å². The van der Waals surface area contributed by atoms with Gasteiger partial charge in [0.25, 0.3) is 0 Å². The van der Waals surface area contributed by atoms with Crippen molar-refractivity contribution in [1.82, 2.24) is 0 Å². The Bertz CT molecular complexity index is 674. The second-order valence-electron chi connectivity index (χ2n) is 19.8. The van der Waals surface area contributed by atoms with Crippen molar-refractivity contribution in [2.24, 2.45) is 0 Å². The molecule has 405 valence electrons. The van der Waals surface area contributed by atoms with Crippen LogP contribution in [0, 0.1) is 0 Å². The number of hydrogen-bond acceptors (Lipinski definition) is 2. The summed E-state index contributed by atoms with van der Waals surface area (Å²) in [5, 5.41) is 0. The third kappa shape index (κ3) is 62.7. The van der Waals surface area contributed by atoms with E-state index in [1.807, 2.05) is 0 Å². The molecular formula is C56H124Br2Cl2CoO2P2+2. The Morgan fingerprint density at radius 2 is 0.354 bits per heavy atom. The molecule has 0 saturated carbocycles. The number of rotatable bonds is 48. The summed E-state index contributed by atoms with van der Waals surface area (Å²) in [6.07, 6.45) is 71.9. The SMILES string of the molecule is Br.Br.CCCCCCCCCCCCCCCC[P+](CCCC)(CCCC)CCCC.CCCCCCCCCCCCCCCC[P+](CCCC)(CCCC)CCCC.Cl.OCl.[O]=[Co]. The number of unbranched alkanes of at least 4 members (excludes halogenated alkanes) is 32. The van der Waals surface area contributed by atoms with Crippen LogP contribution in [0.2, 0.25) is 0 Å². The third-order valence-electron chi connectivity index (χ3n) is 13.9. The van der Waals surface area contributed by atoms with Crippen molar-refractivity contribution in [1.29, 1.82) is 0 Å². The molecule has 0 spiro atoms. The van der Waals surface area contributed by atoms with Crippen molar-refractivity contribution >= 4 is 72.8 Å². The van der Waals surface area contributed by atoms with Crippen LogP contribution in [-0.4, -0.2) is 54.0 Å². The molecule has 65 heavy (non-hydrogen) atoms. The van der Waals surface area contributed by atoms with E-state index < -0.39 is 14.5 Å². The molecule has 0 unspecified atom stereocenters. The van der Waals surface area contributed by atoms with Crippen LogP contribution < -0.4 is 0 Å². The minimum atomic E-state index is -0.630. The summed E-state index contributed by atoms with van der Waals surface area (Å²) >= 11 is 5.95. The number of hydrogen-bond donors (Lipinski definition) is 1. The van der Waals surface area contributed by atoms with Crippen LogP contribution in [0.4, 0.5) is 0 Å². The monoisotopic (exact) mass is 1180 g/mol. The summed E-state index contributed by atoms with van der Waals surface area (Å²) in [5.41, 5.74) is 0. The van der Waals surface area contributed by atoms with E-state index in [-0.39, 0.29) is 46.4 Å². The first-order valence-corrected chi connectivity index (χ1v) is 34.3. The van der Waals surface area contributed by atoms with Crippen LogP contribution in [0.5, 0.6) is 0 Å². The summed E-state index contributed by atoms with van der Waals surface area (Å²) in [4.78, 5) is 0. The third-order valence-corrected chi connectivity index (χ3v) is 24.0. The Balaban J connectivity index is -0.000000184. The van der Waals surface area contributed by atoms with Gasteiger partial charge in [-0.05, 0) is 64.2 Å². The zero-order chi connectivity index (χ0) is 46.9. The Hall–Kier alpha value is 2.67. The van der Waals surface area contributed by atoms with Crippen LogP contribution in [0.1, 0.15) is 312 Å². The standard InChI is InChI=1S/2C28H60P.2BrH.ClHO.ClH.Co.O/c2*1-5-9-13-14-15-16-17-18-19-20-21-22-23-24-28-29(25-10-6-2,26-11-7-3)27-12-8-4;;;1-2;;;/h2*5-28H2,1-4H3;2*1H;2H;1H;;/q2*+1;;;;;;. The zero-order valence-electron chi connectivity index (χ0n) is 45.6. The molecule has 0 radical (unpaired) electrons. The predicted octanol–water partition coefficient (Wildman–Crippen LogP) is 23.4. The summed E-state index contributed by atoms with van der Waals surface area (Å²) < 4.78 is 14.4. The Morgan fingerprint density at radius 3 is 0.492 bits per heavy atom. The fourth-order valence-corrected chi connectivity index (χ4v) is 20.0. The van der Waals surface area contributed by atoms with Gasteiger partial charge in [0.2, 0.25) is 0 Å². The molecular weight excluding hydrogens is 1060 g/mol. The van der Waals surface area contributed by atoms with Crippen molar-refractivity contribution in [2.75, 3.05) is 49.3 Å².